The summed E-state index contributed by atoms with van der Waals surface area (Å²) in [5.74, 6) is 7.15. The zero-order chi connectivity index (χ0) is 32.3. The molecule has 47 heavy (non-hydrogen) atoms. The van der Waals surface area contributed by atoms with Gasteiger partial charge in [-0.15, -0.1) is 0 Å². The Kier molecular flexibility index (Phi) is 8.87. The predicted molar refractivity (Wildman–Crippen MR) is 191 cm³/mol. The van der Waals surface area contributed by atoms with E-state index >= 15 is 0 Å². The second kappa shape index (κ2) is 13.0. The average molecular weight is 680 g/mol. The van der Waals surface area contributed by atoms with Crippen LogP contribution in [0, 0.1) is 23.7 Å². The van der Waals surface area contributed by atoms with Crippen molar-refractivity contribution in [1.82, 2.24) is 10.0 Å². The van der Waals surface area contributed by atoms with Crippen molar-refractivity contribution in [1.29, 1.82) is 0 Å². The fourth-order valence-electron chi connectivity index (χ4n) is 9.42. The molecular weight excluding hydrogens is 630 g/mol. The monoisotopic (exact) mass is 679 g/mol. The molecule has 2 aliphatic carbocycles. The summed E-state index contributed by atoms with van der Waals surface area (Å²) < 4.78 is 23.3. The van der Waals surface area contributed by atoms with Crippen LogP contribution in [0.2, 0.25) is 5.02 Å². The zero-order valence-corrected chi connectivity index (χ0v) is 29.4. The molecule has 2 aromatic rings. The molecule has 1 spiro atoms. The van der Waals surface area contributed by atoms with Gasteiger partial charge in [-0.1, -0.05) is 54.5 Å². The maximum atomic E-state index is 13.7. The third-order valence-corrected chi connectivity index (χ3v) is 14.6. The van der Waals surface area contributed by atoms with Crippen molar-refractivity contribution < 1.29 is 19.0 Å². The number of hydrogen-bond donors (Lipinski definition) is 2. The number of rotatable bonds is 1. The number of fused-ring (bicyclic) bond motifs is 5. The summed E-state index contributed by atoms with van der Waals surface area (Å²) in [5.41, 5.74) is 4.27. The van der Waals surface area contributed by atoms with Gasteiger partial charge in [-0.25, -0.2) is 0 Å². The van der Waals surface area contributed by atoms with Gasteiger partial charge < -0.3 is 29.1 Å². The third kappa shape index (κ3) is 6.05. The topological polar surface area (TPSA) is 72.1 Å². The number of aryl methyl sites for hydroxylation is 1. The van der Waals surface area contributed by atoms with E-state index in [-0.39, 0.29) is 35.1 Å². The largest absolute Gasteiger partial charge is 0.490 e. The first kappa shape index (κ1) is 32.1. The minimum absolute atomic E-state index is 0.0500. The van der Waals surface area contributed by atoms with Gasteiger partial charge in [0.25, 0.3) is 5.91 Å². The summed E-state index contributed by atoms with van der Waals surface area (Å²) in [5, 5.41) is 4.52. The molecule has 2 N–H and O–H groups in total. The lowest BCUT2D eigenvalue weighted by molar-refractivity contribution is -0.141. The van der Waals surface area contributed by atoms with E-state index in [0.29, 0.717) is 35.8 Å². The quantitative estimate of drug-likeness (QED) is 0.326. The van der Waals surface area contributed by atoms with Gasteiger partial charge >= 0.3 is 0 Å². The molecule has 2 saturated heterocycles. The standard InChI is InChI=1S/C38H50ClN3O4S/c1-23-6-4-8-30(37-45-34-18-40-19-35(34)46-37)29-12-9-27(29)20-42-21-38(15-5-7-25-16-28(39)11-13-31(25)38)22-44-33-14-10-26(17-32(33)42)36(43)41-47(3)24(23)2/h10-11,13-14,16-17,23-24,27,29-30,34-35,37,40H,3-9,12,15,18-22H2,1-2H3,(H,41,43)/t23?,24?,27?,29?,30?,34?,35?,37?,38-,47?/m0/s1. The van der Waals surface area contributed by atoms with Crippen LogP contribution >= 0.6 is 22.3 Å². The van der Waals surface area contributed by atoms with Gasteiger partial charge in [0.1, 0.15) is 18.0 Å². The number of anilines is 1. The van der Waals surface area contributed by atoms with E-state index in [1.54, 1.807) is 0 Å². The summed E-state index contributed by atoms with van der Waals surface area (Å²) in [4.78, 5) is 16.3. The lowest BCUT2D eigenvalue weighted by atomic mass is 9.64. The second-order valence-corrected chi connectivity index (χ2v) is 17.5. The third-order valence-electron chi connectivity index (χ3n) is 12.5. The molecule has 0 aromatic heterocycles. The lowest BCUT2D eigenvalue weighted by Crippen LogP contribution is -2.50. The second-order valence-electron chi connectivity index (χ2n) is 15.3. The number of carbonyl (C=O) groups is 1. The molecule has 0 radical (unpaired) electrons. The Balaban J connectivity index is 1.16. The Morgan fingerprint density at radius 2 is 1.83 bits per heavy atom. The lowest BCUT2D eigenvalue weighted by Gasteiger charge is -2.47. The van der Waals surface area contributed by atoms with E-state index in [9.17, 15) is 4.79 Å². The van der Waals surface area contributed by atoms with E-state index in [1.165, 1.54) is 24.0 Å². The molecule has 254 valence electrons. The SMILES string of the molecule is C=S1NC(=O)c2ccc3c(c2)N(CC2CCC2C(C2OC4CNCC4O2)CCCC(C)C1C)C[C@@]1(CCCc2cc(Cl)ccc21)CO3. The van der Waals surface area contributed by atoms with E-state index < -0.39 is 10.7 Å². The van der Waals surface area contributed by atoms with Crippen molar-refractivity contribution in [2.24, 2.45) is 23.7 Å². The molecule has 2 bridgehead atoms. The Hall–Kier alpha value is -2.10. The van der Waals surface area contributed by atoms with Crippen molar-refractivity contribution in [3.63, 3.8) is 0 Å². The highest BCUT2D eigenvalue weighted by Crippen LogP contribution is 2.50. The first-order valence-electron chi connectivity index (χ1n) is 17.9. The van der Waals surface area contributed by atoms with Crippen molar-refractivity contribution in [2.45, 2.75) is 94.4 Å². The van der Waals surface area contributed by atoms with Crippen LogP contribution in [-0.4, -0.2) is 68.3 Å². The van der Waals surface area contributed by atoms with Crippen LogP contribution in [0.5, 0.6) is 5.75 Å². The molecule has 6 aliphatic rings. The van der Waals surface area contributed by atoms with E-state index in [0.717, 1.165) is 81.2 Å². The van der Waals surface area contributed by atoms with E-state index in [4.69, 9.17) is 25.8 Å². The smallest absolute Gasteiger partial charge is 0.260 e. The summed E-state index contributed by atoms with van der Waals surface area (Å²) in [6, 6.07) is 12.5. The summed E-state index contributed by atoms with van der Waals surface area (Å²) in [6.07, 6.45) is 9.20. The highest BCUT2D eigenvalue weighted by Gasteiger charge is 2.49. The van der Waals surface area contributed by atoms with Gasteiger partial charge in [0, 0.05) is 53.3 Å². The van der Waals surface area contributed by atoms with E-state index in [2.05, 4.69) is 52.9 Å². The number of nitrogens with one attached hydrogen (secondary N) is 2. The van der Waals surface area contributed by atoms with Gasteiger partial charge in [0.15, 0.2) is 6.29 Å². The van der Waals surface area contributed by atoms with Crippen LogP contribution < -0.4 is 19.7 Å². The summed E-state index contributed by atoms with van der Waals surface area (Å²) >= 11 is 6.50. The van der Waals surface area contributed by atoms with Crippen molar-refractivity contribution in [2.75, 3.05) is 37.7 Å². The Morgan fingerprint density at radius 3 is 2.62 bits per heavy atom. The van der Waals surface area contributed by atoms with Crippen LogP contribution in [0.25, 0.3) is 0 Å². The Labute approximate surface area is 287 Å². The maximum absolute atomic E-state index is 13.7. The van der Waals surface area contributed by atoms with Gasteiger partial charge in [0.2, 0.25) is 0 Å². The molecular formula is C38H50ClN3O4S. The molecule has 2 aromatic carbocycles. The summed E-state index contributed by atoms with van der Waals surface area (Å²) in [6.45, 7) is 8.73. The van der Waals surface area contributed by atoms with Crippen molar-refractivity contribution in [3.8, 4) is 5.75 Å². The van der Waals surface area contributed by atoms with Crippen LogP contribution in [0.3, 0.4) is 0 Å². The minimum Gasteiger partial charge on any atom is -0.490 e. The van der Waals surface area contributed by atoms with Crippen molar-refractivity contribution in [3.05, 3.63) is 58.1 Å². The molecule has 3 fully saturated rings. The number of benzene rings is 2. The van der Waals surface area contributed by atoms with Gasteiger partial charge in [-0.05, 0) is 104 Å². The fourth-order valence-corrected chi connectivity index (χ4v) is 10.9. The highest BCUT2D eigenvalue weighted by atomic mass is 35.5. The predicted octanol–water partition coefficient (Wildman–Crippen LogP) is 6.72. The average Bonchev–Trinajstić information content (AvgIpc) is 3.63. The van der Waals surface area contributed by atoms with Gasteiger partial charge in [0.05, 0.1) is 12.3 Å². The molecule has 4 aliphatic heterocycles. The normalized spacial score (nSPS) is 38.7. The first-order valence-corrected chi connectivity index (χ1v) is 19.8. The fraction of sp³-hybridized carbons (Fsp3) is 0.632. The Morgan fingerprint density at radius 1 is 1.00 bits per heavy atom. The number of halogens is 1. The number of amides is 1. The molecule has 1 amide bonds. The maximum Gasteiger partial charge on any atom is 0.260 e. The molecule has 1 saturated carbocycles. The van der Waals surface area contributed by atoms with Gasteiger partial charge in [-0.3, -0.25) is 4.79 Å². The molecule has 8 rings (SSSR count). The molecule has 4 heterocycles. The zero-order valence-electron chi connectivity index (χ0n) is 27.8. The van der Waals surface area contributed by atoms with Crippen LogP contribution in [0.4, 0.5) is 5.69 Å². The number of ether oxygens (including phenoxy) is 3. The van der Waals surface area contributed by atoms with Gasteiger partial charge in [-0.2, -0.15) is 0 Å². The Bertz CT molecular complexity index is 1530. The first-order chi connectivity index (χ1) is 22.8. The molecule has 8 unspecified atom stereocenters. The number of hydrogen-bond acceptors (Lipinski definition) is 6. The van der Waals surface area contributed by atoms with Crippen LogP contribution in [0.1, 0.15) is 80.3 Å². The number of carbonyl (C=O) groups excluding carboxylic acids is 1. The molecule has 9 heteroatoms. The molecule has 7 nitrogen and oxygen atoms in total. The van der Waals surface area contributed by atoms with Crippen LogP contribution in [-0.2, 0) is 21.3 Å². The van der Waals surface area contributed by atoms with E-state index in [1.807, 2.05) is 18.2 Å². The van der Waals surface area contributed by atoms with Crippen molar-refractivity contribution >= 4 is 39.7 Å². The van der Waals surface area contributed by atoms with Crippen LogP contribution in [0.15, 0.2) is 36.4 Å². The molecule has 9 atom stereocenters. The highest BCUT2D eigenvalue weighted by molar-refractivity contribution is 8.13. The number of nitrogens with zero attached hydrogens (tertiary/aromatic N) is 1. The minimum atomic E-state index is -0.495. The summed E-state index contributed by atoms with van der Waals surface area (Å²) in [7, 11) is -0.495.